The van der Waals surface area contributed by atoms with Crippen molar-refractivity contribution in [2.75, 3.05) is 31.0 Å². The maximum atomic E-state index is 13.3. The van der Waals surface area contributed by atoms with Gasteiger partial charge in [-0.2, -0.15) is 9.97 Å². The molecule has 11 nitrogen and oxygen atoms in total. The van der Waals surface area contributed by atoms with Crippen molar-refractivity contribution in [3.63, 3.8) is 0 Å². The first-order valence-corrected chi connectivity index (χ1v) is 15.3. The van der Waals surface area contributed by atoms with Gasteiger partial charge in [0.2, 0.25) is 17.7 Å². The molecule has 1 saturated heterocycles. The second-order valence-corrected chi connectivity index (χ2v) is 13.6. The molecule has 1 aromatic carbocycles. The fourth-order valence-corrected chi connectivity index (χ4v) is 6.21. The van der Waals surface area contributed by atoms with Gasteiger partial charge in [0.25, 0.3) is 5.91 Å². The number of carbonyl (C=O) groups is 2. The highest BCUT2D eigenvalue weighted by atomic mass is 16.6. The normalized spacial score (nSPS) is 18.4. The molecular formula is C34H44N4O7. The number of carbonyl (C=O) groups excluding carboxylic acids is 2. The number of furan rings is 1. The standard InChI is InChI=1S/C34H44N4O7/c1-19-16-22-23(34(7,8)45-33(22,5)6)18-20(19)17-21-13-14-25(43-21)27(39)35-26-28(41-9)36-31(37-29(26)42-10)38-15-11-12-24(38)30(40)44-32(2,3)4/h13-14,16,18,24H,11-12,15,17H2,1-10H3,(H,35,39)/t24-/m0/s1. The largest absolute Gasteiger partial charge is 0.479 e. The molecular weight excluding hydrogens is 576 g/mol. The molecule has 11 heteroatoms. The van der Waals surface area contributed by atoms with Gasteiger partial charge in [0.1, 0.15) is 17.4 Å². The summed E-state index contributed by atoms with van der Waals surface area (Å²) in [5.41, 5.74) is 3.34. The van der Waals surface area contributed by atoms with E-state index in [2.05, 4.69) is 62.0 Å². The van der Waals surface area contributed by atoms with Crippen molar-refractivity contribution in [1.29, 1.82) is 0 Å². The Bertz CT molecular complexity index is 1590. The van der Waals surface area contributed by atoms with E-state index in [4.69, 9.17) is 23.4 Å². The fourth-order valence-electron chi connectivity index (χ4n) is 6.21. The van der Waals surface area contributed by atoms with Gasteiger partial charge in [0.15, 0.2) is 11.4 Å². The first-order chi connectivity index (χ1) is 21.0. The van der Waals surface area contributed by atoms with Crippen LogP contribution >= 0.6 is 0 Å². The van der Waals surface area contributed by atoms with Gasteiger partial charge in [-0.3, -0.25) is 4.79 Å². The molecule has 1 amide bonds. The molecule has 2 aromatic heterocycles. The van der Waals surface area contributed by atoms with Gasteiger partial charge in [0.05, 0.1) is 25.4 Å². The summed E-state index contributed by atoms with van der Waals surface area (Å²) < 4.78 is 29.0. The predicted molar refractivity (Wildman–Crippen MR) is 169 cm³/mol. The van der Waals surface area contributed by atoms with Crippen LogP contribution < -0.4 is 19.7 Å². The lowest BCUT2D eigenvalue weighted by molar-refractivity contribution is -0.156. The summed E-state index contributed by atoms with van der Waals surface area (Å²) in [4.78, 5) is 37.1. The van der Waals surface area contributed by atoms with Gasteiger partial charge in [-0.25, -0.2) is 4.79 Å². The number of fused-ring (bicyclic) bond motifs is 1. The molecule has 45 heavy (non-hydrogen) atoms. The summed E-state index contributed by atoms with van der Waals surface area (Å²) >= 11 is 0. The number of benzene rings is 1. The Morgan fingerprint density at radius 1 is 1.02 bits per heavy atom. The second kappa shape index (κ2) is 11.7. The van der Waals surface area contributed by atoms with E-state index in [1.54, 1.807) is 17.0 Å². The molecule has 0 unspecified atom stereocenters. The molecule has 0 aliphatic carbocycles. The van der Waals surface area contributed by atoms with E-state index in [9.17, 15) is 9.59 Å². The minimum absolute atomic E-state index is 0.0911. The van der Waals surface area contributed by atoms with Crippen molar-refractivity contribution >= 4 is 23.5 Å². The SMILES string of the molecule is COc1nc(N2CCC[C@H]2C(=O)OC(C)(C)C)nc(OC)c1NC(=O)c1ccc(Cc2cc3c(cc2C)C(C)(C)OC3(C)C)o1. The second-order valence-electron chi connectivity index (χ2n) is 13.6. The Morgan fingerprint density at radius 2 is 1.64 bits per heavy atom. The summed E-state index contributed by atoms with van der Waals surface area (Å²) in [6.45, 7) is 16.5. The zero-order valence-corrected chi connectivity index (χ0v) is 27.9. The van der Waals surface area contributed by atoms with E-state index in [-0.39, 0.29) is 40.7 Å². The number of aromatic nitrogens is 2. The van der Waals surface area contributed by atoms with Gasteiger partial charge in [-0.05, 0) is 103 Å². The lowest BCUT2D eigenvalue weighted by Crippen LogP contribution is -2.41. The fraction of sp³-hybridized carbons (Fsp3) is 0.529. The molecule has 2 aliphatic rings. The number of methoxy groups -OCH3 is 2. The number of anilines is 2. The van der Waals surface area contributed by atoms with Gasteiger partial charge in [0, 0.05) is 13.0 Å². The molecule has 0 spiro atoms. The molecule has 1 N–H and O–H groups in total. The number of ether oxygens (including phenoxy) is 4. The summed E-state index contributed by atoms with van der Waals surface area (Å²) in [6.07, 6.45) is 1.89. The Hall–Kier alpha value is -4.12. The third-order valence-corrected chi connectivity index (χ3v) is 8.18. The molecule has 3 aromatic rings. The Labute approximate surface area is 264 Å². The maximum Gasteiger partial charge on any atom is 0.329 e. The molecule has 5 rings (SSSR count). The van der Waals surface area contributed by atoms with Crippen LogP contribution in [0.15, 0.2) is 28.7 Å². The molecule has 0 saturated carbocycles. The highest BCUT2D eigenvalue weighted by Gasteiger charge is 2.43. The lowest BCUT2D eigenvalue weighted by Gasteiger charge is -2.28. The smallest absolute Gasteiger partial charge is 0.329 e. The molecule has 1 fully saturated rings. The maximum absolute atomic E-state index is 13.3. The van der Waals surface area contributed by atoms with Crippen molar-refractivity contribution in [1.82, 2.24) is 9.97 Å². The first kappa shape index (κ1) is 32.3. The Kier molecular flexibility index (Phi) is 8.37. The Morgan fingerprint density at radius 3 is 2.24 bits per heavy atom. The van der Waals surface area contributed by atoms with Crippen LogP contribution in [0.5, 0.6) is 11.8 Å². The summed E-state index contributed by atoms with van der Waals surface area (Å²) in [5, 5.41) is 2.79. The molecule has 0 bridgehead atoms. The molecule has 1 atom stereocenters. The van der Waals surface area contributed by atoms with Crippen molar-refractivity contribution < 1.29 is 33.0 Å². The van der Waals surface area contributed by atoms with Crippen molar-refractivity contribution in [2.45, 2.75) is 97.5 Å². The molecule has 0 radical (unpaired) electrons. The number of nitrogens with one attached hydrogen (secondary N) is 1. The zero-order valence-electron chi connectivity index (χ0n) is 27.9. The average Bonchev–Trinajstić information content (AvgIpc) is 3.66. The van der Waals surface area contributed by atoms with E-state index in [0.29, 0.717) is 25.1 Å². The number of esters is 1. The molecule has 2 aliphatic heterocycles. The monoisotopic (exact) mass is 620 g/mol. The number of hydrogen-bond donors (Lipinski definition) is 1. The van der Waals surface area contributed by atoms with Crippen LogP contribution in [0.4, 0.5) is 11.6 Å². The third kappa shape index (κ3) is 6.49. The third-order valence-electron chi connectivity index (χ3n) is 8.18. The summed E-state index contributed by atoms with van der Waals surface area (Å²) in [6, 6.07) is 7.26. The van der Waals surface area contributed by atoms with Crippen LogP contribution in [-0.4, -0.2) is 54.3 Å². The van der Waals surface area contributed by atoms with E-state index < -0.39 is 23.2 Å². The van der Waals surface area contributed by atoms with Crippen LogP contribution in [0, 0.1) is 6.92 Å². The van der Waals surface area contributed by atoms with Crippen molar-refractivity contribution in [3.05, 3.63) is 58.0 Å². The van der Waals surface area contributed by atoms with Crippen LogP contribution in [0.1, 0.15) is 99.9 Å². The molecule has 4 heterocycles. The van der Waals surface area contributed by atoms with Gasteiger partial charge in [-0.15, -0.1) is 0 Å². The number of aryl methyl sites for hydroxylation is 1. The number of rotatable bonds is 8. The Balaban J connectivity index is 1.35. The van der Waals surface area contributed by atoms with E-state index in [1.807, 2.05) is 20.8 Å². The van der Waals surface area contributed by atoms with Crippen molar-refractivity contribution in [2.24, 2.45) is 0 Å². The molecule has 242 valence electrons. The average molecular weight is 621 g/mol. The number of nitrogens with zero attached hydrogens (tertiary/aromatic N) is 3. The summed E-state index contributed by atoms with van der Waals surface area (Å²) in [5.74, 6) is 0.337. The van der Waals surface area contributed by atoms with Gasteiger partial charge in [-0.1, -0.05) is 12.1 Å². The van der Waals surface area contributed by atoms with E-state index in [0.717, 1.165) is 23.1 Å². The lowest BCUT2D eigenvalue weighted by atomic mass is 9.86. The minimum Gasteiger partial charge on any atom is -0.479 e. The minimum atomic E-state index is -0.621. The topological polar surface area (TPSA) is 125 Å². The first-order valence-electron chi connectivity index (χ1n) is 15.3. The van der Waals surface area contributed by atoms with Crippen LogP contribution in [0.3, 0.4) is 0 Å². The quantitative estimate of drug-likeness (QED) is 0.298. The van der Waals surface area contributed by atoms with Gasteiger partial charge < -0.3 is 33.6 Å². The van der Waals surface area contributed by atoms with E-state index >= 15 is 0 Å². The van der Waals surface area contributed by atoms with Crippen LogP contribution in [-0.2, 0) is 31.9 Å². The summed E-state index contributed by atoms with van der Waals surface area (Å²) in [7, 11) is 2.88. The number of hydrogen-bond acceptors (Lipinski definition) is 10. The van der Waals surface area contributed by atoms with Crippen molar-refractivity contribution in [3.8, 4) is 11.8 Å². The predicted octanol–water partition coefficient (Wildman–Crippen LogP) is 6.05. The van der Waals surface area contributed by atoms with E-state index in [1.165, 1.54) is 19.8 Å². The number of amides is 1. The van der Waals surface area contributed by atoms with Crippen LogP contribution in [0.25, 0.3) is 0 Å². The van der Waals surface area contributed by atoms with Crippen LogP contribution in [0.2, 0.25) is 0 Å². The highest BCUT2D eigenvalue weighted by molar-refractivity contribution is 6.03. The zero-order chi connectivity index (χ0) is 32.9. The van der Waals surface area contributed by atoms with Gasteiger partial charge >= 0.3 is 5.97 Å². The highest BCUT2D eigenvalue weighted by Crippen LogP contribution is 2.47.